The van der Waals surface area contributed by atoms with Gasteiger partial charge in [-0.3, -0.25) is 4.40 Å². The van der Waals surface area contributed by atoms with Gasteiger partial charge in [0.05, 0.1) is 12.5 Å². The zero-order valence-corrected chi connectivity index (χ0v) is 9.32. The minimum Gasteiger partial charge on any atom is -0.349 e. The lowest BCUT2D eigenvalue weighted by Crippen LogP contribution is -2.28. The fraction of sp³-hybridized carbons (Fsp3) is 0.455. The third kappa shape index (κ3) is 1.80. The van der Waals surface area contributed by atoms with Crippen LogP contribution < -0.4 is 4.90 Å². The van der Waals surface area contributed by atoms with Crippen LogP contribution in [-0.2, 0) is 0 Å². The van der Waals surface area contributed by atoms with E-state index in [2.05, 4.69) is 26.2 Å². The van der Waals surface area contributed by atoms with Gasteiger partial charge in [0.15, 0.2) is 5.82 Å². The number of nitrogens with zero attached hydrogens (tertiary/aromatic N) is 6. The first-order valence-corrected chi connectivity index (χ1v) is 5.68. The molecule has 1 aliphatic carbocycles. The zero-order valence-electron chi connectivity index (χ0n) is 9.32. The Morgan fingerprint density at radius 2 is 2.41 bits per heavy atom. The van der Waals surface area contributed by atoms with Crippen LogP contribution in [0.3, 0.4) is 0 Å². The average molecular weight is 228 g/mol. The van der Waals surface area contributed by atoms with Crippen molar-refractivity contribution in [2.45, 2.75) is 25.3 Å². The van der Waals surface area contributed by atoms with E-state index in [4.69, 9.17) is 5.26 Å². The van der Waals surface area contributed by atoms with Crippen LogP contribution in [0, 0.1) is 11.3 Å². The molecular formula is C11H12N6. The van der Waals surface area contributed by atoms with Crippen LogP contribution in [0.25, 0.3) is 5.65 Å². The van der Waals surface area contributed by atoms with Crippen molar-refractivity contribution in [1.82, 2.24) is 19.6 Å². The van der Waals surface area contributed by atoms with Crippen LogP contribution in [-0.4, -0.2) is 32.2 Å². The van der Waals surface area contributed by atoms with Gasteiger partial charge in [-0.05, 0) is 12.8 Å². The summed E-state index contributed by atoms with van der Waals surface area (Å²) in [5.41, 5.74) is 0.761. The molecule has 6 nitrogen and oxygen atoms in total. The summed E-state index contributed by atoms with van der Waals surface area (Å²) in [5.74, 6) is 0.836. The van der Waals surface area contributed by atoms with E-state index >= 15 is 0 Å². The maximum atomic E-state index is 8.71. The predicted octanol–water partition coefficient (Wildman–Crippen LogP) is 1.01. The Labute approximate surface area is 98.5 Å². The molecule has 3 rings (SSSR count). The van der Waals surface area contributed by atoms with E-state index in [-0.39, 0.29) is 0 Å². The van der Waals surface area contributed by atoms with Gasteiger partial charge in [0.2, 0.25) is 5.65 Å². The van der Waals surface area contributed by atoms with Gasteiger partial charge in [0.25, 0.3) is 0 Å². The molecule has 86 valence electrons. The van der Waals surface area contributed by atoms with Crippen LogP contribution in [0.4, 0.5) is 5.82 Å². The highest BCUT2D eigenvalue weighted by Crippen LogP contribution is 2.31. The number of nitriles is 1. The van der Waals surface area contributed by atoms with E-state index in [0.29, 0.717) is 19.0 Å². The van der Waals surface area contributed by atoms with Crippen LogP contribution in [0.2, 0.25) is 0 Å². The van der Waals surface area contributed by atoms with Gasteiger partial charge in [-0.2, -0.15) is 5.26 Å². The molecule has 1 saturated carbocycles. The van der Waals surface area contributed by atoms with Crippen molar-refractivity contribution in [3.63, 3.8) is 0 Å². The van der Waals surface area contributed by atoms with Crippen molar-refractivity contribution in [3.05, 3.63) is 18.7 Å². The first-order valence-electron chi connectivity index (χ1n) is 5.68. The lowest BCUT2D eigenvalue weighted by molar-refractivity contribution is 0.776. The van der Waals surface area contributed by atoms with Crippen LogP contribution >= 0.6 is 0 Å². The summed E-state index contributed by atoms with van der Waals surface area (Å²) in [6.45, 7) is 0.709. The molecular weight excluding hydrogens is 216 g/mol. The molecule has 6 heteroatoms. The molecule has 0 radical (unpaired) electrons. The van der Waals surface area contributed by atoms with Crippen molar-refractivity contribution < 1.29 is 0 Å². The monoisotopic (exact) mass is 228 g/mol. The summed E-state index contributed by atoms with van der Waals surface area (Å²) in [7, 11) is 0. The number of fused-ring (bicyclic) bond motifs is 1. The third-order valence-electron chi connectivity index (χ3n) is 2.92. The highest BCUT2D eigenvalue weighted by molar-refractivity contribution is 5.64. The van der Waals surface area contributed by atoms with Gasteiger partial charge in [0.1, 0.15) is 6.33 Å². The summed E-state index contributed by atoms with van der Waals surface area (Å²) in [6, 6.07) is 2.69. The molecule has 0 aromatic carbocycles. The van der Waals surface area contributed by atoms with Crippen molar-refractivity contribution in [2.75, 3.05) is 11.4 Å². The fourth-order valence-electron chi connectivity index (χ4n) is 1.97. The molecule has 0 aliphatic heterocycles. The largest absolute Gasteiger partial charge is 0.349 e. The Morgan fingerprint density at radius 1 is 1.53 bits per heavy atom. The molecule has 1 aliphatic rings. The molecule has 1 fully saturated rings. The lowest BCUT2D eigenvalue weighted by Gasteiger charge is -2.22. The summed E-state index contributed by atoms with van der Waals surface area (Å²) >= 11 is 0. The number of anilines is 1. The molecule has 0 unspecified atom stereocenters. The van der Waals surface area contributed by atoms with Crippen LogP contribution in [0.15, 0.2) is 18.7 Å². The summed E-state index contributed by atoms with van der Waals surface area (Å²) in [5, 5.41) is 16.7. The molecule has 0 spiro atoms. The number of hydrogen-bond acceptors (Lipinski definition) is 5. The van der Waals surface area contributed by atoms with Gasteiger partial charge in [0, 0.05) is 25.0 Å². The molecule has 0 atom stereocenters. The molecule has 0 bridgehead atoms. The van der Waals surface area contributed by atoms with Crippen LogP contribution in [0.1, 0.15) is 19.3 Å². The Bertz CT molecular complexity index is 565. The third-order valence-corrected chi connectivity index (χ3v) is 2.92. The first kappa shape index (κ1) is 10.0. The second-order valence-corrected chi connectivity index (χ2v) is 4.15. The lowest BCUT2D eigenvalue weighted by atomic mass is 10.3. The molecule has 0 N–H and O–H groups in total. The van der Waals surface area contributed by atoms with Crippen LogP contribution in [0.5, 0.6) is 0 Å². The minimum absolute atomic E-state index is 0.507. The summed E-state index contributed by atoms with van der Waals surface area (Å²) in [6.07, 6.45) is 8.08. The molecule has 2 heterocycles. The minimum atomic E-state index is 0.507. The Morgan fingerprint density at radius 3 is 3.18 bits per heavy atom. The molecule has 17 heavy (non-hydrogen) atoms. The van der Waals surface area contributed by atoms with E-state index < -0.39 is 0 Å². The smallest absolute Gasteiger partial charge is 0.203 e. The SMILES string of the molecule is N#CCCN(c1nccn2cnnc12)C1CC1. The maximum absolute atomic E-state index is 8.71. The van der Waals surface area contributed by atoms with Crippen molar-refractivity contribution in [2.24, 2.45) is 0 Å². The fourth-order valence-corrected chi connectivity index (χ4v) is 1.97. The van der Waals surface area contributed by atoms with E-state index in [9.17, 15) is 0 Å². The van der Waals surface area contributed by atoms with Gasteiger partial charge in [-0.1, -0.05) is 0 Å². The second-order valence-electron chi connectivity index (χ2n) is 4.15. The van der Waals surface area contributed by atoms with Gasteiger partial charge in [-0.25, -0.2) is 4.98 Å². The van der Waals surface area contributed by atoms with E-state index in [1.165, 1.54) is 12.8 Å². The number of rotatable bonds is 4. The maximum Gasteiger partial charge on any atom is 0.203 e. The van der Waals surface area contributed by atoms with Crippen molar-refractivity contribution >= 4 is 11.5 Å². The zero-order chi connectivity index (χ0) is 11.7. The molecule has 0 saturated heterocycles. The summed E-state index contributed by atoms with van der Waals surface area (Å²) < 4.78 is 1.85. The molecule has 2 aromatic rings. The molecule has 2 aromatic heterocycles. The Balaban J connectivity index is 1.99. The van der Waals surface area contributed by atoms with E-state index in [1.54, 1.807) is 12.5 Å². The van der Waals surface area contributed by atoms with Crippen molar-refractivity contribution in [3.8, 4) is 6.07 Å². The van der Waals surface area contributed by atoms with Crippen molar-refractivity contribution in [1.29, 1.82) is 5.26 Å². The standard InChI is InChI=1S/C11H12N6/c12-4-1-6-17(9-2-3-9)10-11-15-14-8-16(11)7-5-13-10/h5,7-9H,1-3,6H2. The number of hydrogen-bond donors (Lipinski definition) is 0. The number of aromatic nitrogens is 4. The predicted molar refractivity (Wildman–Crippen MR) is 61.4 cm³/mol. The van der Waals surface area contributed by atoms with Gasteiger partial charge >= 0.3 is 0 Å². The van der Waals surface area contributed by atoms with Gasteiger partial charge in [-0.15, -0.1) is 10.2 Å². The topological polar surface area (TPSA) is 70.1 Å². The van der Waals surface area contributed by atoms with Gasteiger partial charge < -0.3 is 4.90 Å². The Hall–Kier alpha value is -2.16. The summed E-state index contributed by atoms with van der Waals surface area (Å²) in [4.78, 5) is 6.56. The Kier molecular flexibility index (Phi) is 2.37. The second kappa shape index (κ2) is 4.01. The highest BCUT2D eigenvalue weighted by Gasteiger charge is 2.31. The highest BCUT2D eigenvalue weighted by atomic mass is 15.3. The quantitative estimate of drug-likeness (QED) is 0.781. The average Bonchev–Trinajstić information content (AvgIpc) is 3.07. The first-order chi connectivity index (χ1) is 8.40. The van der Waals surface area contributed by atoms with E-state index in [1.807, 2.05) is 10.6 Å². The normalized spacial score (nSPS) is 14.8. The molecule has 0 amide bonds. The van der Waals surface area contributed by atoms with E-state index in [0.717, 1.165) is 11.5 Å².